The van der Waals surface area contributed by atoms with E-state index in [1.54, 1.807) is 0 Å². The lowest BCUT2D eigenvalue weighted by Crippen LogP contribution is -2.39. The summed E-state index contributed by atoms with van der Waals surface area (Å²) in [6.45, 7) is 7.72. The number of carbonyl (C=O) groups excluding carboxylic acids is 1. The molecule has 100 valence electrons. The summed E-state index contributed by atoms with van der Waals surface area (Å²) in [5.74, 6) is -0.117. The summed E-state index contributed by atoms with van der Waals surface area (Å²) in [4.78, 5) is 14.1. The SMILES string of the molecule is CCN(CC)CCNC(=O)[C@H](N)c1ccccc1. The first-order valence-electron chi connectivity index (χ1n) is 6.49. The summed E-state index contributed by atoms with van der Waals surface area (Å²) in [7, 11) is 0. The average molecular weight is 249 g/mol. The van der Waals surface area contributed by atoms with Crippen molar-refractivity contribution >= 4 is 5.91 Å². The third-order valence-corrected chi connectivity index (χ3v) is 3.06. The van der Waals surface area contributed by atoms with Crippen LogP contribution < -0.4 is 11.1 Å². The molecule has 0 aliphatic heterocycles. The monoisotopic (exact) mass is 249 g/mol. The van der Waals surface area contributed by atoms with E-state index < -0.39 is 6.04 Å². The average Bonchev–Trinajstić information content (AvgIpc) is 2.43. The first-order chi connectivity index (χ1) is 8.69. The molecule has 4 heteroatoms. The fourth-order valence-electron chi connectivity index (χ4n) is 1.80. The van der Waals surface area contributed by atoms with Crippen molar-refractivity contribution in [3.63, 3.8) is 0 Å². The van der Waals surface area contributed by atoms with Crippen LogP contribution in [-0.2, 0) is 4.79 Å². The second-order valence-corrected chi connectivity index (χ2v) is 4.21. The van der Waals surface area contributed by atoms with Crippen molar-refractivity contribution in [1.29, 1.82) is 0 Å². The zero-order valence-corrected chi connectivity index (χ0v) is 11.2. The molecule has 0 bridgehead atoms. The summed E-state index contributed by atoms with van der Waals surface area (Å²) in [5.41, 5.74) is 6.74. The van der Waals surface area contributed by atoms with E-state index in [0.717, 1.165) is 25.2 Å². The van der Waals surface area contributed by atoms with Gasteiger partial charge in [-0.25, -0.2) is 0 Å². The van der Waals surface area contributed by atoms with E-state index >= 15 is 0 Å². The molecule has 1 rings (SSSR count). The molecule has 0 radical (unpaired) electrons. The van der Waals surface area contributed by atoms with Crippen LogP contribution in [0.5, 0.6) is 0 Å². The molecule has 0 aromatic heterocycles. The highest BCUT2D eigenvalue weighted by atomic mass is 16.2. The van der Waals surface area contributed by atoms with Gasteiger partial charge < -0.3 is 16.0 Å². The highest BCUT2D eigenvalue weighted by Crippen LogP contribution is 2.08. The van der Waals surface area contributed by atoms with Crippen molar-refractivity contribution in [3.05, 3.63) is 35.9 Å². The zero-order chi connectivity index (χ0) is 13.4. The summed E-state index contributed by atoms with van der Waals surface area (Å²) in [6.07, 6.45) is 0. The number of nitrogens with one attached hydrogen (secondary N) is 1. The number of hydrogen-bond acceptors (Lipinski definition) is 3. The molecule has 18 heavy (non-hydrogen) atoms. The molecule has 1 aromatic rings. The topological polar surface area (TPSA) is 58.4 Å². The number of rotatable bonds is 7. The highest BCUT2D eigenvalue weighted by molar-refractivity contribution is 5.82. The molecule has 1 atom stereocenters. The van der Waals surface area contributed by atoms with Crippen LogP contribution in [0.4, 0.5) is 0 Å². The number of nitrogens with zero attached hydrogens (tertiary/aromatic N) is 1. The Morgan fingerprint density at radius 2 is 1.89 bits per heavy atom. The fraction of sp³-hybridized carbons (Fsp3) is 0.500. The van der Waals surface area contributed by atoms with Gasteiger partial charge in [-0.05, 0) is 18.7 Å². The van der Waals surface area contributed by atoms with Gasteiger partial charge in [-0.3, -0.25) is 4.79 Å². The maximum Gasteiger partial charge on any atom is 0.241 e. The normalized spacial score (nSPS) is 12.4. The summed E-state index contributed by atoms with van der Waals surface area (Å²) < 4.78 is 0. The van der Waals surface area contributed by atoms with Crippen molar-refractivity contribution in [3.8, 4) is 0 Å². The quantitative estimate of drug-likeness (QED) is 0.762. The first-order valence-corrected chi connectivity index (χ1v) is 6.49. The van der Waals surface area contributed by atoms with E-state index in [0.29, 0.717) is 6.54 Å². The molecule has 0 aliphatic carbocycles. The molecule has 0 saturated carbocycles. The van der Waals surface area contributed by atoms with Crippen molar-refractivity contribution in [2.75, 3.05) is 26.2 Å². The number of amides is 1. The number of hydrogen-bond donors (Lipinski definition) is 2. The molecule has 3 N–H and O–H groups in total. The van der Waals surface area contributed by atoms with E-state index in [-0.39, 0.29) is 5.91 Å². The summed E-state index contributed by atoms with van der Waals surface area (Å²) in [6, 6.07) is 8.84. The summed E-state index contributed by atoms with van der Waals surface area (Å²) in [5, 5.41) is 2.87. The van der Waals surface area contributed by atoms with E-state index in [9.17, 15) is 4.79 Å². The summed E-state index contributed by atoms with van der Waals surface area (Å²) >= 11 is 0. The molecule has 0 heterocycles. The van der Waals surface area contributed by atoms with Crippen LogP contribution in [-0.4, -0.2) is 37.0 Å². The molecule has 0 unspecified atom stereocenters. The van der Waals surface area contributed by atoms with Crippen LogP contribution in [0.2, 0.25) is 0 Å². The maximum absolute atomic E-state index is 11.8. The van der Waals surface area contributed by atoms with Gasteiger partial charge in [0.05, 0.1) is 0 Å². The van der Waals surface area contributed by atoms with Gasteiger partial charge in [0.1, 0.15) is 6.04 Å². The molecular weight excluding hydrogens is 226 g/mol. The lowest BCUT2D eigenvalue weighted by molar-refractivity contribution is -0.122. The second kappa shape index (κ2) is 7.84. The number of benzene rings is 1. The Morgan fingerprint density at radius 1 is 1.28 bits per heavy atom. The van der Waals surface area contributed by atoms with E-state index in [2.05, 4.69) is 24.1 Å². The minimum Gasteiger partial charge on any atom is -0.353 e. The lowest BCUT2D eigenvalue weighted by atomic mass is 10.1. The highest BCUT2D eigenvalue weighted by Gasteiger charge is 2.14. The number of likely N-dealkylation sites (N-methyl/N-ethyl adjacent to an activating group) is 1. The minimum absolute atomic E-state index is 0.117. The fourth-order valence-corrected chi connectivity index (χ4v) is 1.80. The Bertz CT molecular complexity index is 349. The van der Waals surface area contributed by atoms with Crippen molar-refractivity contribution < 1.29 is 4.79 Å². The number of nitrogens with two attached hydrogens (primary N) is 1. The molecule has 0 saturated heterocycles. The third-order valence-electron chi connectivity index (χ3n) is 3.06. The lowest BCUT2D eigenvalue weighted by Gasteiger charge is -2.19. The minimum atomic E-state index is -0.581. The van der Waals surface area contributed by atoms with Crippen LogP contribution in [0.1, 0.15) is 25.5 Å². The first kappa shape index (κ1) is 14.7. The van der Waals surface area contributed by atoms with Gasteiger partial charge in [-0.1, -0.05) is 44.2 Å². The molecule has 0 aliphatic rings. The van der Waals surface area contributed by atoms with Gasteiger partial charge in [-0.2, -0.15) is 0 Å². The number of carbonyl (C=O) groups is 1. The predicted molar refractivity (Wildman–Crippen MR) is 74.2 cm³/mol. The van der Waals surface area contributed by atoms with Crippen LogP contribution in [0.3, 0.4) is 0 Å². The van der Waals surface area contributed by atoms with Crippen LogP contribution in [0.15, 0.2) is 30.3 Å². The Morgan fingerprint density at radius 3 is 2.44 bits per heavy atom. The van der Waals surface area contributed by atoms with Gasteiger partial charge in [0, 0.05) is 13.1 Å². The third kappa shape index (κ3) is 4.47. The van der Waals surface area contributed by atoms with Crippen LogP contribution >= 0.6 is 0 Å². The van der Waals surface area contributed by atoms with Gasteiger partial charge in [0.25, 0.3) is 0 Å². The van der Waals surface area contributed by atoms with Gasteiger partial charge in [-0.15, -0.1) is 0 Å². The molecular formula is C14H23N3O. The smallest absolute Gasteiger partial charge is 0.241 e. The molecule has 1 amide bonds. The van der Waals surface area contributed by atoms with E-state index in [1.807, 2.05) is 30.3 Å². The molecule has 0 spiro atoms. The Kier molecular flexibility index (Phi) is 6.39. The van der Waals surface area contributed by atoms with Gasteiger partial charge in [0.2, 0.25) is 5.91 Å². The Balaban J connectivity index is 2.37. The maximum atomic E-state index is 11.8. The second-order valence-electron chi connectivity index (χ2n) is 4.21. The van der Waals surface area contributed by atoms with E-state index in [1.165, 1.54) is 0 Å². The largest absolute Gasteiger partial charge is 0.353 e. The standard InChI is InChI=1S/C14H23N3O/c1-3-17(4-2)11-10-16-14(18)13(15)12-8-6-5-7-9-12/h5-9,13H,3-4,10-11,15H2,1-2H3,(H,16,18)/t13-/m1/s1. The van der Waals surface area contributed by atoms with Crippen LogP contribution in [0.25, 0.3) is 0 Å². The predicted octanol–water partition coefficient (Wildman–Crippen LogP) is 1.14. The molecule has 0 fully saturated rings. The van der Waals surface area contributed by atoms with Gasteiger partial charge >= 0.3 is 0 Å². The van der Waals surface area contributed by atoms with E-state index in [4.69, 9.17) is 5.73 Å². The zero-order valence-electron chi connectivity index (χ0n) is 11.2. The molecule has 1 aromatic carbocycles. The molecule has 4 nitrogen and oxygen atoms in total. The van der Waals surface area contributed by atoms with Crippen molar-refractivity contribution in [2.24, 2.45) is 5.73 Å². The van der Waals surface area contributed by atoms with Crippen molar-refractivity contribution in [1.82, 2.24) is 10.2 Å². The van der Waals surface area contributed by atoms with Crippen LogP contribution in [0, 0.1) is 0 Å². The Labute approximate surface area is 109 Å². The van der Waals surface area contributed by atoms with Gasteiger partial charge in [0.15, 0.2) is 0 Å². The Hall–Kier alpha value is -1.39. The van der Waals surface area contributed by atoms with Crippen molar-refractivity contribution in [2.45, 2.75) is 19.9 Å².